The molecule has 0 spiro atoms. The number of benzene rings is 1. The van der Waals surface area contributed by atoms with Gasteiger partial charge in [0.1, 0.15) is 5.75 Å². The summed E-state index contributed by atoms with van der Waals surface area (Å²) < 4.78 is 5.33. The van der Waals surface area contributed by atoms with Crippen LogP contribution in [-0.2, 0) is 0 Å². The van der Waals surface area contributed by atoms with Crippen LogP contribution in [0.3, 0.4) is 0 Å². The van der Waals surface area contributed by atoms with Gasteiger partial charge in [0, 0.05) is 18.0 Å². The first-order valence-corrected chi connectivity index (χ1v) is 5.52. The Morgan fingerprint density at radius 2 is 2.25 bits per heavy atom. The van der Waals surface area contributed by atoms with Gasteiger partial charge in [0.25, 0.3) is 0 Å². The minimum atomic E-state index is 0.00361. The third-order valence-corrected chi connectivity index (χ3v) is 2.62. The topological polar surface area (TPSA) is 35.2 Å². The Bertz CT molecular complexity index is 379. The number of ether oxygens (including phenoxy) is 1. The van der Waals surface area contributed by atoms with Crippen LogP contribution in [0.4, 0.5) is 0 Å². The van der Waals surface area contributed by atoms with Gasteiger partial charge in [-0.15, -0.1) is 12.3 Å². The lowest BCUT2D eigenvalue weighted by Gasteiger charge is -2.15. The quantitative estimate of drug-likeness (QED) is 0.608. The molecule has 0 aliphatic carbocycles. The van der Waals surface area contributed by atoms with Crippen LogP contribution in [0.1, 0.15) is 36.4 Å². The van der Waals surface area contributed by atoms with Crippen molar-refractivity contribution in [1.29, 1.82) is 0 Å². The zero-order valence-corrected chi connectivity index (χ0v) is 9.99. The Balaban J connectivity index is 2.74. The van der Waals surface area contributed by atoms with E-state index in [9.17, 15) is 0 Å². The van der Waals surface area contributed by atoms with Crippen LogP contribution in [0.25, 0.3) is 0 Å². The number of aryl methyl sites for hydroxylation is 1. The SMILES string of the molecule is C#CCCCC(N)c1ccc(C)cc1OC. The maximum absolute atomic E-state index is 6.11. The van der Waals surface area contributed by atoms with E-state index in [0.29, 0.717) is 0 Å². The second kappa shape index (κ2) is 6.19. The molecule has 1 unspecified atom stereocenters. The Hall–Kier alpha value is -1.46. The second-order valence-electron chi connectivity index (χ2n) is 3.95. The Labute approximate surface area is 97.8 Å². The van der Waals surface area contributed by atoms with Crippen LogP contribution < -0.4 is 10.5 Å². The number of nitrogens with two attached hydrogens (primary N) is 1. The predicted molar refractivity (Wildman–Crippen MR) is 67.3 cm³/mol. The van der Waals surface area contributed by atoms with Crippen LogP contribution >= 0.6 is 0 Å². The molecule has 0 amide bonds. The van der Waals surface area contributed by atoms with E-state index in [1.807, 2.05) is 19.1 Å². The molecule has 2 N–H and O–H groups in total. The predicted octanol–water partition coefficient (Wildman–Crippen LogP) is 2.81. The maximum Gasteiger partial charge on any atom is 0.123 e. The molecule has 86 valence electrons. The second-order valence-corrected chi connectivity index (χ2v) is 3.95. The average molecular weight is 217 g/mol. The first-order chi connectivity index (χ1) is 7.69. The van der Waals surface area contributed by atoms with Crippen molar-refractivity contribution in [3.05, 3.63) is 29.3 Å². The molecule has 1 atom stereocenters. The van der Waals surface area contributed by atoms with Crippen molar-refractivity contribution in [2.45, 2.75) is 32.2 Å². The molecule has 0 saturated heterocycles. The summed E-state index contributed by atoms with van der Waals surface area (Å²) in [5.41, 5.74) is 8.35. The molecule has 2 nitrogen and oxygen atoms in total. The molecule has 0 saturated carbocycles. The lowest BCUT2D eigenvalue weighted by Crippen LogP contribution is -2.11. The van der Waals surface area contributed by atoms with Gasteiger partial charge in [-0.1, -0.05) is 12.1 Å². The molecule has 0 bridgehead atoms. The van der Waals surface area contributed by atoms with Gasteiger partial charge in [-0.2, -0.15) is 0 Å². The van der Waals surface area contributed by atoms with Crippen molar-refractivity contribution in [3.63, 3.8) is 0 Å². The zero-order chi connectivity index (χ0) is 12.0. The van der Waals surface area contributed by atoms with Gasteiger partial charge in [0.15, 0.2) is 0 Å². The van der Waals surface area contributed by atoms with Gasteiger partial charge in [0.05, 0.1) is 7.11 Å². The third kappa shape index (κ3) is 3.29. The fourth-order valence-corrected chi connectivity index (χ4v) is 1.70. The number of unbranched alkanes of at least 4 members (excludes halogenated alkanes) is 1. The summed E-state index contributed by atoms with van der Waals surface area (Å²) in [4.78, 5) is 0. The van der Waals surface area contributed by atoms with Gasteiger partial charge in [-0.25, -0.2) is 0 Å². The molecule has 0 radical (unpaired) electrons. The summed E-state index contributed by atoms with van der Waals surface area (Å²) in [6, 6.07) is 6.10. The monoisotopic (exact) mass is 217 g/mol. The van der Waals surface area contributed by atoms with E-state index in [1.54, 1.807) is 7.11 Å². The number of hydrogen-bond acceptors (Lipinski definition) is 2. The van der Waals surface area contributed by atoms with Gasteiger partial charge >= 0.3 is 0 Å². The molecule has 0 aromatic heterocycles. The largest absolute Gasteiger partial charge is 0.496 e. The molecule has 0 aliphatic rings. The molecule has 0 heterocycles. The molecule has 16 heavy (non-hydrogen) atoms. The van der Waals surface area contributed by atoms with Crippen molar-refractivity contribution in [1.82, 2.24) is 0 Å². The minimum Gasteiger partial charge on any atom is -0.496 e. The summed E-state index contributed by atoms with van der Waals surface area (Å²) in [5.74, 6) is 3.49. The van der Waals surface area contributed by atoms with Crippen molar-refractivity contribution in [2.24, 2.45) is 5.73 Å². The van der Waals surface area contributed by atoms with E-state index in [0.717, 1.165) is 30.6 Å². The minimum absolute atomic E-state index is 0.00361. The molecule has 2 heteroatoms. The van der Waals surface area contributed by atoms with E-state index >= 15 is 0 Å². The first kappa shape index (κ1) is 12.6. The molecular weight excluding hydrogens is 198 g/mol. The Morgan fingerprint density at radius 3 is 2.88 bits per heavy atom. The normalized spacial score (nSPS) is 11.9. The van der Waals surface area contributed by atoms with E-state index in [-0.39, 0.29) is 6.04 Å². The summed E-state index contributed by atoms with van der Waals surface area (Å²) in [6.07, 6.45) is 7.84. The fraction of sp³-hybridized carbons (Fsp3) is 0.429. The van der Waals surface area contributed by atoms with Crippen molar-refractivity contribution in [2.75, 3.05) is 7.11 Å². The fourth-order valence-electron chi connectivity index (χ4n) is 1.70. The van der Waals surface area contributed by atoms with E-state index in [4.69, 9.17) is 16.9 Å². The number of methoxy groups -OCH3 is 1. The lowest BCUT2D eigenvalue weighted by atomic mass is 10.00. The highest BCUT2D eigenvalue weighted by Crippen LogP contribution is 2.27. The molecule has 1 rings (SSSR count). The van der Waals surface area contributed by atoms with Crippen molar-refractivity contribution >= 4 is 0 Å². The van der Waals surface area contributed by atoms with Gasteiger partial charge in [-0.05, 0) is 31.4 Å². The van der Waals surface area contributed by atoms with Crippen LogP contribution in [0, 0.1) is 19.3 Å². The maximum atomic E-state index is 6.11. The number of terminal acetylenes is 1. The first-order valence-electron chi connectivity index (χ1n) is 5.52. The average Bonchev–Trinajstić information content (AvgIpc) is 2.29. The van der Waals surface area contributed by atoms with Gasteiger partial charge in [-0.3, -0.25) is 0 Å². The van der Waals surface area contributed by atoms with Crippen LogP contribution in [0.5, 0.6) is 5.75 Å². The van der Waals surface area contributed by atoms with E-state index in [2.05, 4.69) is 12.0 Å². The summed E-state index contributed by atoms with van der Waals surface area (Å²) in [7, 11) is 1.67. The number of hydrogen-bond donors (Lipinski definition) is 1. The lowest BCUT2D eigenvalue weighted by molar-refractivity contribution is 0.403. The molecule has 0 fully saturated rings. The summed E-state index contributed by atoms with van der Waals surface area (Å²) >= 11 is 0. The standard InChI is InChI=1S/C14H19NO/c1-4-5-6-7-13(15)12-9-8-11(2)10-14(12)16-3/h1,8-10,13H,5-7,15H2,2-3H3. The Kier molecular flexibility index (Phi) is 4.88. The Morgan fingerprint density at radius 1 is 1.50 bits per heavy atom. The molecule has 1 aromatic rings. The van der Waals surface area contributed by atoms with Crippen LogP contribution in [0.2, 0.25) is 0 Å². The smallest absolute Gasteiger partial charge is 0.123 e. The molecule has 0 aliphatic heterocycles. The summed E-state index contributed by atoms with van der Waals surface area (Å²) in [6.45, 7) is 2.04. The number of rotatable bonds is 5. The third-order valence-electron chi connectivity index (χ3n) is 2.62. The van der Waals surface area contributed by atoms with Crippen LogP contribution in [-0.4, -0.2) is 7.11 Å². The highest BCUT2D eigenvalue weighted by atomic mass is 16.5. The van der Waals surface area contributed by atoms with Gasteiger partial charge < -0.3 is 10.5 Å². The van der Waals surface area contributed by atoms with Crippen molar-refractivity contribution < 1.29 is 4.74 Å². The van der Waals surface area contributed by atoms with Crippen molar-refractivity contribution in [3.8, 4) is 18.1 Å². The van der Waals surface area contributed by atoms with E-state index < -0.39 is 0 Å². The highest BCUT2D eigenvalue weighted by molar-refractivity contribution is 5.39. The summed E-state index contributed by atoms with van der Waals surface area (Å²) in [5, 5.41) is 0. The molecule has 1 aromatic carbocycles. The molecular formula is C14H19NO. The van der Waals surface area contributed by atoms with Gasteiger partial charge in [0.2, 0.25) is 0 Å². The van der Waals surface area contributed by atoms with Crippen LogP contribution in [0.15, 0.2) is 18.2 Å². The zero-order valence-electron chi connectivity index (χ0n) is 9.99. The van der Waals surface area contributed by atoms with E-state index in [1.165, 1.54) is 5.56 Å². The highest BCUT2D eigenvalue weighted by Gasteiger charge is 2.11.